The summed E-state index contributed by atoms with van der Waals surface area (Å²) in [5.74, 6) is 1.91. The molecule has 0 spiro atoms. The summed E-state index contributed by atoms with van der Waals surface area (Å²) >= 11 is 0. The van der Waals surface area contributed by atoms with Gasteiger partial charge >= 0.3 is 0 Å². The quantitative estimate of drug-likeness (QED) is 0.716. The van der Waals surface area contributed by atoms with Gasteiger partial charge in [-0.25, -0.2) is 4.98 Å². The van der Waals surface area contributed by atoms with Gasteiger partial charge in [-0.05, 0) is 13.3 Å². The molecule has 0 saturated heterocycles. The Morgan fingerprint density at radius 3 is 2.82 bits per heavy atom. The van der Waals surface area contributed by atoms with Crippen molar-refractivity contribution in [1.82, 2.24) is 4.98 Å². The zero-order valence-electron chi connectivity index (χ0n) is 7.00. The van der Waals surface area contributed by atoms with E-state index in [1.807, 2.05) is 6.92 Å². The molecular weight excluding hydrogens is 140 g/mol. The van der Waals surface area contributed by atoms with Crippen molar-refractivity contribution in [3.8, 4) is 0 Å². The highest BCUT2D eigenvalue weighted by Crippen LogP contribution is 2.16. The third-order valence-electron chi connectivity index (χ3n) is 1.77. The van der Waals surface area contributed by atoms with Crippen molar-refractivity contribution in [1.29, 1.82) is 0 Å². The van der Waals surface area contributed by atoms with E-state index in [9.17, 15) is 0 Å². The van der Waals surface area contributed by atoms with E-state index in [0.29, 0.717) is 6.54 Å². The Hall–Kier alpha value is -0.830. The number of aryl methyl sites for hydroxylation is 1. The summed E-state index contributed by atoms with van der Waals surface area (Å²) in [4.78, 5) is 4.11. The first-order chi connectivity index (χ1) is 5.27. The predicted octanol–water partition coefficient (Wildman–Crippen LogP) is 1.44. The third-order valence-corrected chi connectivity index (χ3v) is 1.77. The second-order valence-electron chi connectivity index (χ2n) is 2.65. The molecule has 3 nitrogen and oxygen atoms in total. The first-order valence-corrected chi connectivity index (χ1v) is 3.90. The van der Waals surface area contributed by atoms with E-state index in [2.05, 4.69) is 11.9 Å². The van der Waals surface area contributed by atoms with Crippen molar-refractivity contribution in [2.45, 2.75) is 26.2 Å². The zero-order valence-corrected chi connectivity index (χ0v) is 7.00. The van der Waals surface area contributed by atoms with Gasteiger partial charge in [-0.2, -0.15) is 0 Å². The van der Waals surface area contributed by atoms with Gasteiger partial charge in [-0.15, -0.1) is 0 Å². The molecule has 0 bridgehead atoms. The van der Waals surface area contributed by atoms with Crippen LogP contribution in [0, 0.1) is 6.92 Å². The number of hydrogen-bond donors (Lipinski definition) is 1. The number of aromatic nitrogens is 1. The maximum atomic E-state index is 5.52. The van der Waals surface area contributed by atoms with Crippen molar-refractivity contribution in [3.05, 3.63) is 17.8 Å². The fraction of sp³-hybridized carbons (Fsp3) is 0.625. The first-order valence-electron chi connectivity index (χ1n) is 3.90. The molecule has 62 valence electrons. The molecule has 1 heterocycles. The molecule has 1 atom stereocenters. The van der Waals surface area contributed by atoms with Crippen molar-refractivity contribution in [2.75, 3.05) is 6.54 Å². The minimum atomic E-state index is 0.281. The number of nitrogens with two attached hydrogens (primary N) is 1. The van der Waals surface area contributed by atoms with Gasteiger partial charge in [0, 0.05) is 12.5 Å². The summed E-state index contributed by atoms with van der Waals surface area (Å²) < 4.78 is 5.34. The molecule has 1 aromatic heterocycles. The second kappa shape index (κ2) is 3.53. The van der Waals surface area contributed by atoms with E-state index in [1.165, 1.54) is 0 Å². The monoisotopic (exact) mass is 154 g/mol. The zero-order chi connectivity index (χ0) is 8.27. The molecule has 2 N–H and O–H groups in total. The van der Waals surface area contributed by atoms with Crippen molar-refractivity contribution >= 4 is 0 Å². The summed E-state index contributed by atoms with van der Waals surface area (Å²) in [5.41, 5.74) is 5.52. The van der Waals surface area contributed by atoms with Gasteiger partial charge < -0.3 is 10.2 Å². The van der Waals surface area contributed by atoms with E-state index < -0.39 is 0 Å². The molecule has 0 saturated carbocycles. The van der Waals surface area contributed by atoms with Crippen LogP contribution in [-0.4, -0.2) is 11.5 Å². The van der Waals surface area contributed by atoms with Gasteiger partial charge in [0.1, 0.15) is 5.76 Å². The maximum absolute atomic E-state index is 5.52. The van der Waals surface area contributed by atoms with Gasteiger partial charge in [-0.1, -0.05) is 6.92 Å². The van der Waals surface area contributed by atoms with E-state index in [0.717, 1.165) is 18.1 Å². The first kappa shape index (κ1) is 8.27. The topological polar surface area (TPSA) is 52.0 Å². The molecule has 0 fully saturated rings. The second-order valence-corrected chi connectivity index (χ2v) is 2.65. The Morgan fingerprint density at radius 1 is 1.73 bits per heavy atom. The van der Waals surface area contributed by atoms with Gasteiger partial charge in [0.2, 0.25) is 0 Å². The predicted molar refractivity (Wildman–Crippen MR) is 43.3 cm³/mol. The van der Waals surface area contributed by atoms with E-state index in [4.69, 9.17) is 10.2 Å². The molecule has 3 heteroatoms. The highest BCUT2D eigenvalue weighted by molar-refractivity contribution is 4.97. The Morgan fingerprint density at radius 2 is 2.45 bits per heavy atom. The van der Waals surface area contributed by atoms with Crippen LogP contribution in [0.25, 0.3) is 0 Å². The standard InChI is InChI=1S/C8H14N2O/c1-3-7(4-9)8-10-5-6(2)11-8/h5,7H,3-4,9H2,1-2H3. The normalized spacial score (nSPS) is 13.4. The lowest BCUT2D eigenvalue weighted by Gasteiger charge is -2.05. The maximum Gasteiger partial charge on any atom is 0.198 e. The van der Waals surface area contributed by atoms with Gasteiger partial charge in [0.25, 0.3) is 0 Å². The van der Waals surface area contributed by atoms with Crippen LogP contribution < -0.4 is 5.73 Å². The molecular formula is C8H14N2O. The number of hydrogen-bond acceptors (Lipinski definition) is 3. The van der Waals surface area contributed by atoms with Crippen LogP contribution in [0.1, 0.15) is 30.9 Å². The SMILES string of the molecule is CCC(CN)c1ncc(C)o1. The van der Waals surface area contributed by atoms with Crippen LogP contribution in [0.2, 0.25) is 0 Å². The fourth-order valence-electron chi connectivity index (χ4n) is 1.00. The molecule has 0 aliphatic heterocycles. The van der Waals surface area contributed by atoms with Crippen LogP contribution in [0.3, 0.4) is 0 Å². The molecule has 0 radical (unpaired) electrons. The third kappa shape index (κ3) is 1.80. The van der Waals surface area contributed by atoms with Crippen LogP contribution >= 0.6 is 0 Å². The summed E-state index contributed by atoms with van der Waals surface area (Å²) in [6.07, 6.45) is 2.71. The summed E-state index contributed by atoms with van der Waals surface area (Å²) in [7, 11) is 0. The minimum Gasteiger partial charge on any atom is -0.446 e. The molecule has 1 unspecified atom stereocenters. The molecule has 0 aromatic carbocycles. The van der Waals surface area contributed by atoms with Crippen molar-refractivity contribution < 1.29 is 4.42 Å². The molecule has 1 rings (SSSR count). The Balaban J connectivity index is 2.73. The molecule has 0 amide bonds. The molecule has 0 aliphatic rings. The molecule has 0 aliphatic carbocycles. The Kier molecular flexibility index (Phi) is 2.65. The van der Waals surface area contributed by atoms with Gasteiger partial charge in [0.15, 0.2) is 5.89 Å². The minimum absolute atomic E-state index is 0.281. The lowest BCUT2D eigenvalue weighted by molar-refractivity contribution is 0.425. The van der Waals surface area contributed by atoms with E-state index >= 15 is 0 Å². The lowest BCUT2D eigenvalue weighted by Crippen LogP contribution is -2.11. The highest BCUT2D eigenvalue weighted by Gasteiger charge is 2.11. The molecule has 11 heavy (non-hydrogen) atoms. The fourth-order valence-corrected chi connectivity index (χ4v) is 1.00. The van der Waals surface area contributed by atoms with Gasteiger partial charge in [0.05, 0.1) is 6.20 Å². The number of rotatable bonds is 3. The average Bonchev–Trinajstić information content (AvgIpc) is 2.39. The lowest BCUT2D eigenvalue weighted by atomic mass is 10.1. The average molecular weight is 154 g/mol. The summed E-state index contributed by atoms with van der Waals surface area (Å²) in [5, 5.41) is 0. The van der Waals surface area contributed by atoms with E-state index in [-0.39, 0.29) is 5.92 Å². The van der Waals surface area contributed by atoms with Crippen LogP contribution in [0.15, 0.2) is 10.6 Å². The van der Waals surface area contributed by atoms with Crippen molar-refractivity contribution in [2.24, 2.45) is 5.73 Å². The van der Waals surface area contributed by atoms with Gasteiger partial charge in [-0.3, -0.25) is 0 Å². The highest BCUT2D eigenvalue weighted by atomic mass is 16.4. The van der Waals surface area contributed by atoms with Crippen LogP contribution in [-0.2, 0) is 0 Å². The smallest absolute Gasteiger partial charge is 0.198 e. The largest absolute Gasteiger partial charge is 0.446 e. The number of nitrogens with zero attached hydrogens (tertiary/aromatic N) is 1. The Labute approximate surface area is 66.6 Å². The van der Waals surface area contributed by atoms with Crippen molar-refractivity contribution in [3.63, 3.8) is 0 Å². The Bertz CT molecular complexity index is 216. The molecule has 1 aromatic rings. The van der Waals surface area contributed by atoms with Crippen LogP contribution in [0.5, 0.6) is 0 Å². The summed E-state index contributed by atoms with van der Waals surface area (Å²) in [6.45, 7) is 4.58. The number of oxazole rings is 1. The summed E-state index contributed by atoms with van der Waals surface area (Å²) in [6, 6.07) is 0. The van der Waals surface area contributed by atoms with E-state index in [1.54, 1.807) is 6.20 Å². The van der Waals surface area contributed by atoms with Crippen LogP contribution in [0.4, 0.5) is 0 Å².